The summed E-state index contributed by atoms with van der Waals surface area (Å²) < 4.78 is 10.9. The van der Waals surface area contributed by atoms with Gasteiger partial charge >= 0.3 is 6.09 Å². The number of hydrogen-bond acceptors (Lipinski definition) is 4. The van der Waals surface area contributed by atoms with Crippen LogP contribution < -0.4 is 20.7 Å². The number of carbonyl (C=O) groups excluding carboxylic acids is 1. The largest absolute Gasteiger partial charge is 0.493 e. The van der Waals surface area contributed by atoms with E-state index in [1.165, 1.54) is 0 Å². The molecule has 0 spiro atoms. The maximum atomic E-state index is 11.6. The zero-order chi connectivity index (χ0) is 20.3. The van der Waals surface area contributed by atoms with Crippen molar-refractivity contribution < 1.29 is 14.3 Å². The molecule has 1 amide bonds. The van der Waals surface area contributed by atoms with Gasteiger partial charge < -0.3 is 25.4 Å². The molecule has 1 aromatic rings. The Kier molecular flexibility index (Phi) is 9.47. The van der Waals surface area contributed by atoms with Crippen LogP contribution in [0.15, 0.2) is 29.3 Å². The lowest BCUT2D eigenvalue weighted by molar-refractivity contribution is 0.0529. The lowest BCUT2D eigenvalue weighted by atomic mass is 10.2. The molecule has 1 aromatic carbocycles. The number of alkyl carbamates (subject to hydrolysis) is 1. The van der Waals surface area contributed by atoms with E-state index in [0.717, 1.165) is 11.3 Å². The maximum absolute atomic E-state index is 11.6. The fourth-order valence-corrected chi connectivity index (χ4v) is 2.07. The molecule has 0 atom stereocenters. The molecule has 0 aliphatic heterocycles. The summed E-state index contributed by atoms with van der Waals surface area (Å²) in [5.74, 6) is 2.02. The van der Waals surface area contributed by atoms with Crippen molar-refractivity contribution in [1.82, 2.24) is 16.0 Å². The standard InChI is InChI=1S/C20H34N4O3/c1-15(2)14-26-17-9-7-8-16(12-17)13-24-18(21-6)22-10-11-23-19(25)27-20(3,4)5/h7-9,12,15H,10-11,13-14H2,1-6H3,(H,23,25)(H2,21,22,24). The van der Waals surface area contributed by atoms with E-state index in [9.17, 15) is 4.79 Å². The van der Waals surface area contributed by atoms with Gasteiger partial charge in [0.15, 0.2) is 5.96 Å². The second-order valence-corrected chi connectivity index (χ2v) is 7.63. The fourth-order valence-electron chi connectivity index (χ4n) is 2.07. The van der Waals surface area contributed by atoms with E-state index < -0.39 is 11.7 Å². The Morgan fingerprint density at radius 1 is 1.15 bits per heavy atom. The minimum atomic E-state index is -0.497. The van der Waals surface area contributed by atoms with E-state index in [4.69, 9.17) is 9.47 Å². The first kappa shape index (κ1) is 22.6. The number of ether oxygens (including phenoxy) is 2. The number of aliphatic imine (C=N–C) groups is 1. The van der Waals surface area contributed by atoms with E-state index in [1.807, 2.05) is 45.0 Å². The molecule has 7 nitrogen and oxygen atoms in total. The van der Waals surface area contributed by atoms with Crippen LogP contribution in [0.5, 0.6) is 5.75 Å². The van der Waals surface area contributed by atoms with E-state index in [2.05, 4.69) is 34.8 Å². The minimum absolute atomic E-state index is 0.426. The number of hydrogen-bond donors (Lipinski definition) is 3. The van der Waals surface area contributed by atoms with Crippen LogP contribution in [0.4, 0.5) is 4.79 Å². The highest BCUT2D eigenvalue weighted by molar-refractivity contribution is 5.79. The van der Waals surface area contributed by atoms with Gasteiger partial charge in [-0.15, -0.1) is 0 Å². The van der Waals surface area contributed by atoms with E-state index in [-0.39, 0.29) is 0 Å². The highest BCUT2D eigenvalue weighted by Gasteiger charge is 2.15. The summed E-state index contributed by atoms with van der Waals surface area (Å²) in [6.07, 6.45) is -0.426. The van der Waals surface area contributed by atoms with E-state index >= 15 is 0 Å². The van der Waals surface area contributed by atoms with Crippen LogP contribution in [0, 0.1) is 5.92 Å². The van der Waals surface area contributed by atoms with Gasteiger partial charge in [0.2, 0.25) is 0 Å². The van der Waals surface area contributed by atoms with Gasteiger partial charge in [-0.3, -0.25) is 4.99 Å². The Bertz CT molecular complexity index is 609. The van der Waals surface area contributed by atoms with Crippen molar-refractivity contribution in [2.24, 2.45) is 10.9 Å². The molecule has 0 aromatic heterocycles. The average Bonchev–Trinajstić information content (AvgIpc) is 2.58. The number of carbonyl (C=O) groups is 1. The highest BCUT2D eigenvalue weighted by atomic mass is 16.6. The Morgan fingerprint density at radius 2 is 1.85 bits per heavy atom. The van der Waals surface area contributed by atoms with E-state index in [0.29, 0.717) is 38.1 Å². The third kappa shape index (κ3) is 11.0. The Labute approximate surface area is 162 Å². The molecule has 0 unspecified atom stereocenters. The average molecular weight is 379 g/mol. The van der Waals surface area contributed by atoms with Crippen molar-refractivity contribution in [2.45, 2.75) is 46.8 Å². The van der Waals surface area contributed by atoms with Gasteiger partial charge in [0.25, 0.3) is 0 Å². The maximum Gasteiger partial charge on any atom is 0.407 e. The molecule has 0 radical (unpaired) electrons. The molecule has 152 valence electrons. The first-order valence-electron chi connectivity index (χ1n) is 9.32. The Balaban J connectivity index is 2.34. The third-order valence-electron chi connectivity index (χ3n) is 3.25. The summed E-state index contributed by atoms with van der Waals surface area (Å²) in [6.45, 7) is 12.0. The van der Waals surface area contributed by atoms with Crippen LogP contribution in [0.1, 0.15) is 40.2 Å². The van der Waals surface area contributed by atoms with Gasteiger partial charge in [0.1, 0.15) is 11.4 Å². The molecule has 1 rings (SSSR count). The van der Waals surface area contributed by atoms with Crippen LogP contribution in [-0.4, -0.2) is 44.4 Å². The molecular formula is C20H34N4O3. The number of amides is 1. The Morgan fingerprint density at radius 3 is 2.48 bits per heavy atom. The van der Waals surface area contributed by atoms with Gasteiger partial charge in [0, 0.05) is 26.7 Å². The van der Waals surface area contributed by atoms with Crippen molar-refractivity contribution >= 4 is 12.1 Å². The second-order valence-electron chi connectivity index (χ2n) is 7.63. The van der Waals surface area contributed by atoms with Crippen LogP contribution in [-0.2, 0) is 11.3 Å². The topological polar surface area (TPSA) is 84.0 Å². The zero-order valence-electron chi connectivity index (χ0n) is 17.4. The van der Waals surface area contributed by atoms with Crippen LogP contribution >= 0.6 is 0 Å². The molecule has 0 heterocycles. The number of guanidine groups is 1. The van der Waals surface area contributed by atoms with Crippen LogP contribution in [0.3, 0.4) is 0 Å². The smallest absolute Gasteiger partial charge is 0.407 e. The summed E-state index contributed by atoms with van der Waals surface area (Å²) in [4.78, 5) is 15.8. The zero-order valence-corrected chi connectivity index (χ0v) is 17.4. The third-order valence-corrected chi connectivity index (χ3v) is 3.25. The van der Waals surface area contributed by atoms with Gasteiger partial charge in [-0.1, -0.05) is 26.0 Å². The lowest BCUT2D eigenvalue weighted by Crippen LogP contribution is -2.42. The number of nitrogens with one attached hydrogen (secondary N) is 3. The quantitative estimate of drug-likeness (QED) is 0.368. The van der Waals surface area contributed by atoms with E-state index in [1.54, 1.807) is 7.05 Å². The monoisotopic (exact) mass is 378 g/mol. The molecule has 0 aliphatic rings. The molecule has 0 bridgehead atoms. The first-order chi connectivity index (χ1) is 12.7. The van der Waals surface area contributed by atoms with Gasteiger partial charge in [0.05, 0.1) is 6.61 Å². The molecule has 3 N–H and O–H groups in total. The number of rotatable bonds is 8. The molecule has 0 saturated heterocycles. The molecule has 0 saturated carbocycles. The van der Waals surface area contributed by atoms with Crippen molar-refractivity contribution in [3.05, 3.63) is 29.8 Å². The summed E-state index contributed by atoms with van der Waals surface area (Å²) in [7, 11) is 1.71. The molecule has 7 heteroatoms. The fraction of sp³-hybridized carbons (Fsp3) is 0.600. The van der Waals surface area contributed by atoms with Crippen molar-refractivity contribution in [3.63, 3.8) is 0 Å². The predicted octanol–water partition coefficient (Wildman–Crippen LogP) is 2.91. The second kappa shape index (κ2) is 11.3. The molecule has 0 fully saturated rings. The normalized spacial score (nSPS) is 11.9. The van der Waals surface area contributed by atoms with Crippen LogP contribution in [0.25, 0.3) is 0 Å². The molecular weight excluding hydrogens is 344 g/mol. The number of benzene rings is 1. The SMILES string of the molecule is CN=C(NCCNC(=O)OC(C)(C)C)NCc1cccc(OCC(C)C)c1. The summed E-state index contributed by atoms with van der Waals surface area (Å²) in [6, 6.07) is 7.99. The number of nitrogens with zero attached hydrogens (tertiary/aromatic N) is 1. The van der Waals surface area contributed by atoms with Crippen molar-refractivity contribution in [2.75, 3.05) is 26.7 Å². The lowest BCUT2D eigenvalue weighted by Gasteiger charge is -2.20. The summed E-state index contributed by atoms with van der Waals surface area (Å²) >= 11 is 0. The minimum Gasteiger partial charge on any atom is -0.493 e. The summed E-state index contributed by atoms with van der Waals surface area (Å²) in [5, 5.41) is 9.09. The first-order valence-corrected chi connectivity index (χ1v) is 9.32. The van der Waals surface area contributed by atoms with Crippen molar-refractivity contribution in [1.29, 1.82) is 0 Å². The summed E-state index contributed by atoms with van der Waals surface area (Å²) in [5.41, 5.74) is 0.605. The van der Waals surface area contributed by atoms with Gasteiger partial charge in [-0.25, -0.2) is 4.79 Å². The molecule has 0 aliphatic carbocycles. The highest BCUT2D eigenvalue weighted by Crippen LogP contribution is 2.14. The van der Waals surface area contributed by atoms with Gasteiger partial charge in [-0.05, 0) is 44.4 Å². The predicted molar refractivity (Wildman–Crippen MR) is 109 cm³/mol. The van der Waals surface area contributed by atoms with Crippen LogP contribution in [0.2, 0.25) is 0 Å². The molecule has 27 heavy (non-hydrogen) atoms. The van der Waals surface area contributed by atoms with Gasteiger partial charge in [-0.2, -0.15) is 0 Å². The van der Waals surface area contributed by atoms with Crippen molar-refractivity contribution in [3.8, 4) is 5.75 Å². The Hall–Kier alpha value is -2.44.